The Labute approximate surface area is 110 Å². The fourth-order valence-corrected chi connectivity index (χ4v) is 2.61. The number of aromatic carboxylic acids is 1. The molecule has 1 unspecified atom stereocenters. The van der Waals surface area contributed by atoms with Crippen LogP contribution < -0.4 is 9.80 Å². The van der Waals surface area contributed by atoms with Gasteiger partial charge in [-0.2, -0.15) is 0 Å². The second-order valence-electron chi connectivity index (χ2n) is 4.69. The summed E-state index contributed by atoms with van der Waals surface area (Å²) in [5.74, 6) is -1.05. The zero-order chi connectivity index (χ0) is 13.6. The molecule has 0 radical (unpaired) electrons. The molecule has 6 heteroatoms. The molecule has 1 fully saturated rings. The maximum atomic E-state index is 12.3. The summed E-state index contributed by atoms with van der Waals surface area (Å²) in [5.41, 5.74) is 1.72. The van der Waals surface area contributed by atoms with Crippen molar-refractivity contribution >= 4 is 23.3 Å². The first kappa shape index (κ1) is 12.0. The molecular weight excluding hydrogens is 248 g/mol. The minimum atomic E-state index is -0.993. The van der Waals surface area contributed by atoms with Gasteiger partial charge in [0.15, 0.2) is 0 Å². The summed E-state index contributed by atoms with van der Waals surface area (Å²) >= 11 is 0. The minimum absolute atomic E-state index is 0.0604. The van der Waals surface area contributed by atoms with Crippen LogP contribution in [0.5, 0.6) is 0 Å². The number of morpholine rings is 1. The van der Waals surface area contributed by atoms with Crippen LogP contribution >= 0.6 is 0 Å². The number of likely N-dealkylation sites (N-methyl/N-ethyl adjacent to an activating group) is 1. The monoisotopic (exact) mass is 262 g/mol. The Morgan fingerprint density at radius 1 is 1.42 bits per heavy atom. The minimum Gasteiger partial charge on any atom is -0.478 e. The number of anilines is 2. The maximum absolute atomic E-state index is 12.3. The molecule has 1 aromatic carbocycles. The van der Waals surface area contributed by atoms with E-state index >= 15 is 0 Å². The topological polar surface area (TPSA) is 70.1 Å². The van der Waals surface area contributed by atoms with E-state index in [2.05, 4.69) is 0 Å². The van der Waals surface area contributed by atoms with E-state index in [1.165, 1.54) is 4.90 Å². The number of carboxylic acid groups (broad SMARTS) is 1. The van der Waals surface area contributed by atoms with E-state index in [9.17, 15) is 9.59 Å². The number of hydrogen-bond acceptors (Lipinski definition) is 4. The van der Waals surface area contributed by atoms with Gasteiger partial charge in [-0.05, 0) is 18.2 Å². The number of rotatable bonds is 1. The van der Waals surface area contributed by atoms with Gasteiger partial charge in [-0.15, -0.1) is 0 Å². The summed E-state index contributed by atoms with van der Waals surface area (Å²) in [6.45, 7) is 1.60. The SMILES string of the molecule is CN1C(=O)C2COCCN2c2ccc(C(=O)O)cc21. The summed E-state index contributed by atoms with van der Waals surface area (Å²) in [4.78, 5) is 26.8. The van der Waals surface area contributed by atoms with Crippen molar-refractivity contribution in [2.24, 2.45) is 0 Å². The Morgan fingerprint density at radius 3 is 2.95 bits per heavy atom. The van der Waals surface area contributed by atoms with E-state index in [4.69, 9.17) is 9.84 Å². The second-order valence-corrected chi connectivity index (χ2v) is 4.69. The standard InChI is InChI=1S/C13H14N2O4/c1-14-10-6-8(13(17)18)2-3-9(10)15-4-5-19-7-11(15)12(14)16/h2-3,6,11H,4-5,7H2,1H3,(H,17,18). The maximum Gasteiger partial charge on any atom is 0.335 e. The Bertz CT molecular complexity index is 558. The predicted molar refractivity (Wildman–Crippen MR) is 68.8 cm³/mol. The lowest BCUT2D eigenvalue weighted by Crippen LogP contribution is -2.57. The van der Waals surface area contributed by atoms with E-state index in [1.807, 2.05) is 4.90 Å². The van der Waals surface area contributed by atoms with Crippen LogP contribution in [0.2, 0.25) is 0 Å². The van der Waals surface area contributed by atoms with Crippen molar-refractivity contribution in [2.75, 3.05) is 36.6 Å². The molecule has 100 valence electrons. The van der Waals surface area contributed by atoms with Crippen LogP contribution in [0.3, 0.4) is 0 Å². The summed E-state index contributed by atoms with van der Waals surface area (Å²) in [6.07, 6.45) is 0. The highest BCUT2D eigenvalue weighted by Gasteiger charge is 2.38. The molecule has 1 aromatic rings. The largest absolute Gasteiger partial charge is 0.478 e. The molecule has 1 amide bonds. The quantitative estimate of drug-likeness (QED) is 0.801. The number of carbonyl (C=O) groups excluding carboxylic acids is 1. The molecule has 1 atom stereocenters. The molecule has 0 aliphatic carbocycles. The third kappa shape index (κ3) is 1.76. The number of carbonyl (C=O) groups is 2. The number of fused-ring (bicyclic) bond motifs is 3. The molecule has 0 spiro atoms. The van der Waals surface area contributed by atoms with Crippen molar-refractivity contribution in [3.63, 3.8) is 0 Å². The third-order valence-corrected chi connectivity index (χ3v) is 3.64. The summed E-state index contributed by atoms with van der Waals surface area (Å²) in [6, 6.07) is 4.57. The Morgan fingerprint density at radius 2 is 2.21 bits per heavy atom. The van der Waals surface area contributed by atoms with Crippen LogP contribution in [0.25, 0.3) is 0 Å². The molecule has 1 N–H and O–H groups in total. The average Bonchev–Trinajstić information content (AvgIpc) is 2.44. The molecule has 2 aliphatic heterocycles. The van der Waals surface area contributed by atoms with Gasteiger partial charge < -0.3 is 19.6 Å². The number of hydrogen-bond donors (Lipinski definition) is 1. The molecule has 1 saturated heterocycles. The lowest BCUT2D eigenvalue weighted by atomic mass is 10.0. The van der Waals surface area contributed by atoms with Gasteiger partial charge in [0.1, 0.15) is 6.04 Å². The molecule has 0 aromatic heterocycles. The van der Waals surface area contributed by atoms with Gasteiger partial charge in [0, 0.05) is 13.6 Å². The van der Waals surface area contributed by atoms with Crippen LogP contribution in [-0.4, -0.2) is 49.8 Å². The lowest BCUT2D eigenvalue weighted by molar-refractivity contribution is -0.122. The number of amides is 1. The van der Waals surface area contributed by atoms with E-state index in [-0.39, 0.29) is 17.5 Å². The fourth-order valence-electron chi connectivity index (χ4n) is 2.61. The Balaban J connectivity index is 2.11. The van der Waals surface area contributed by atoms with E-state index < -0.39 is 5.97 Å². The molecule has 3 rings (SSSR count). The van der Waals surface area contributed by atoms with Crippen molar-refractivity contribution < 1.29 is 19.4 Å². The van der Waals surface area contributed by atoms with Crippen LogP contribution in [0.15, 0.2) is 18.2 Å². The second kappa shape index (κ2) is 4.24. The molecule has 6 nitrogen and oxygen atoms in total. The lowest BCUT2D eigenvalue weighted by Gasteiger charge is -2.44. The number of ether oxygens (including phenoxy) is 1. The van der Waals surface area contributed by atoms with Gasteiger partial charge in [-0.1, -0.05) is 0 Å². The summed E-state index contributed by atoms with van der Waals surface area (Å²) < 4.78 is 5.35. The molecule has 0 bridgehead atoms. The molecular formula is C13H14N2O4. The third-order valence-electron chi connectivity index (χ3n) is 3.64. The Kier molecular flexibility index (Phi) is 2.67. The van der Waals surface area contributed by atoms with Crippen molar-refractivity contribution in [1.29, 1.82) is 0 Å². The van der Waals surface area contributed by atoms with Crippen LogP contribution in [0.1, 0.15) is 10.4 Å². The smallest absolute Gasteiger partial charge is 0.335 e. The predicted octanol–water partition coefficient (Wildman–Crippen LogP) is 0.566. The number of nitrogens with zero attached hydrogens (tertiary/aromatic N) is 2. The summed E-state index contributed by atoms with van der Waals surface area (Å²) in [5, 5.41) is 9.03. The van der Waals surface area contributed by atoms with E-state index in [1.54, 1.807) is 25.2 Å². The molecule has 0 saturated carbocycles. The van der Waals surface area contributed by atoms with Gasteiger partial charge in [0.05, 0.1) is 30.2 Å². The molecule has 2 aliphatic rings. The Hall–Kier alpha value is -2.08. The number of carboxylic acids is 1. The average molecular weight is 262 g/mol. The van der Waals surface area contributed by atoms with Crippen molar-refractivity contribution in [2.45, 2.75) is 6.04 Å². The van der Waals surface area contributed by atoms with Gasteiger partial charge >= 0.3 is 5.97 Å². The highest BCUT2D eigenvalue weighted by Crippen LogP contribution is 2.37. The normalized spacial score (nSPS) is 21.9. The van der Waals surface area contributed by atoms with Gasteiger partial charge in [-0.3, -0.25) is 4.79 Å². The van der Waals surface area contributed by atoms with Crippen LogP contribution in [0, 0.1) is 0 Å². The first-order valence-electron chi connectivity index (χ1n) is 6.09. The zero-order valence-electron chi connectivity index (χ0n) is 10.5. The number of benzene rings is 1. The van der Waals surface area contributed by atoms with Crippen molar-refractivity contribution in [1.82, 2.24) is 0 Å². The highest BCUT2D eigenvalue weighted by atomic mass is 16.5. The first-order chi connectivity index (χ1) is 9.09. The van der Waals surface area contributed by atoms with E-state index in [0.29, 0.717) is 25.4 Å². The van der Waals surface area contributed by atoms with E-state index in [0.717, 1.165) is 5.69 Å². The van der Waals surface area contributed by atoms with Crippen LogP contribution in [-0.2, 0) is 9.53 Å². The van der Waals surface area contributed by atoms with Gasteiger partial charge in [0.2, 0.25) is 0 Å². The highest BCUT2D eigenvalue weighted by molar-refractivity contribution is 6.06. The first-order valence-corrected chi connectivity index (χ1v) is 6.09. The van der Waals surface area contributed by atoms with Gasteiger partial charge in [0.25, 0.3) is 5.91 Å². The zero-order valence-corrected chi connectivity index (χ0v) is 10.5. The van der Waals surface area contributed by atoms with Crippen molar-refractivity contribution in [3.8, 4) is 0 Å². The molecule has 19 heavy (non-hydrogen) atoms. The summed E-state index contributed by atoms with van der Waals surface area (Å²) in [7, 11) is 1.67. The fraction of sp³-hybridized carbons (Fsp3) is 0.385. The van der Waals surface area contributed by atoms with Crippen molar-refractivity contribution in [3.05, 3.63) is 23.8 Å². The van der Waals surface area contributed by atoms with Gasteiger partial charge in [-0.25, -0.2) is 4.79 Å². The van der Waals surface area contributed by atoms with Crippen LogP contribution in [0.4, 0.5) is 11.4 Å². The molecule has 2 heterocycles.